The number of hydrogen-bond acceptors (Lipinski definition) is 2. The van der Waals surface area contributed by atoms with Gasteiger partial charge in [-0.2, -0.15) is 0 Å². The van der Waals surface area contributed by atoms with Gasteiger partial charge in [0, 0.05) is 12.6 Å². The Hall–Kier alpha value is -0.960. The second-order valence-corrected chi connectivity index (χ2v) is 3.31. The third-order valence-corrected chi connectivity index (χ3v) is 2.33. The molecule has 0 aromatic heterocycles. The molecule has 14 heavy (non-hydrogen) atoms. The first-order valence-corrected chi connectivity index (χ1v) is 5.23. The van der Waals surface area contributed by atoms with Gasteiger partial charge >= 0.3 is 0 Å². The molecule has 1 N–H and O–H groups in total. The number of nitrogens with zero attached hydrogens (tertiary/aromatic N) is 1. The van der Waals surface area contributed by atoms with E-state index in [-0.39, 0.29) is 0 Å². The highest BCUT2D eigenvalue weighted by Crippen LogP contribution is 2.11. The summed E-state index contributed by atoms with van der Waals surface area (Å²) in [6.07, 6.45) is 2.21. The lowest BCUT2D eigenvalue weighted by Crippen LogP contribution is -2.16. The van der Waals surface area contributed by atoms with Crippen LogP contribution in [0, 0.1) is 0 Å². The van der Waals surface area contributed by atoms with Crippen molar-refractivity contribution in [1.29, 1.82) is 0 Å². The molecule has 0 saturated heterocycles. The van der Waals surface area contributed by atoms with Crippen molar-refractivity contribution >= 4 is 18.7 Å². The summed E-state index contributed by atoms with van der Waals surface area (Å²) in [5.41, 5.74) is 2.46. The lowest BCUT2D eigenvalue weighted by atomic mass is 10.0. The van der Waals surface area contributed by atoms with Gasteiger partial charge < -0.3 is 4.72 Å². The van der Waals surface area contributed by atoms with E-state index in [2.05, 4.69) is 47.7 Å². The molecule has 3 heteroatoms. The fourth-order valence-corrected chi connectivity index (χ4v) is 1.69. The van der Waals surface area contributed by atoms with Crippen molar-refractivity contribution in [2.24, 2.45) is 4.99 Å². The van der Waals surface area contributed by atoms with Crippen LogP contribution in [-0.4, -0.2) is 12.9 Å². The molecular weight excluding hydrogens is 192 g/mol. The van der Waals surface area contributed by atoms with Crippen LogP contribution in [0.25, 0.3) is 0 Å². The van der Waals surface area contributed by atoms with E-state index in [1.54, 1.807) is 7.05 Å². The Balaban J connectivity index is 3.05. The summed E-state index contributed by atoms with van der Waals surface area (Å²) >= 11 is 4.04. The molecule has 76 valence electrons. The summed E-state index contributed by atoms with van der Waals surface area (Å²) in [5.74, 6) is 0.831. The summed E-state index contributed by atoms with van der Waals surface area (Å²) in [6.45, 7) is 2.17. The van der Waals surface area contributed by atoms with Crippen LogP contribution >= 0.6 is 12.8 Å². The van der Waals surface area contributed by atoms with Crippen LogP contribution in [0.4, 0.5) is 0 Å². The minimum Gasteiger partial charge on any atom is -0.317 e. The number of nitrogens with one attached hydrogen (secondary N) is 1. The fraction of sp³-hybridized carbons (Fsp3) is 0.364. The molecule has 1 aromatic rings. The molecule has 0 bridgehead atoms. The fourth-order valence-electron chi connectivity index (χ4n) is 1.47. The van der Waals surface area contributed by atoms with E-state index in [1.165, 1.54) is 5.56 Å². The monoisotopic (exact) mass is 208 g/mol. The average molecular weight is 208 g/mol. The number of hydrogen-bond donors (Lipinski definition) is 2. The first-order chi connectivity index (χ1) is 6.83. The largest absolute Gasteiger partial charge is 0.317 e. The smallest absolute Gasteiger partial charge is 0.138 e. The average Bonchev–Trinajstić information content (AvgIpc) is 2.23. The Kier molecular flexibility index (Phi) is 4.53. The van der Waals surface area contributed by atoms with Crippen LogP contribution in [0.1, 0.15) is 24.5 Å². The van der Waals surface area contributed by atoms with Crippen LogP contribution < -0.4 is 4.72 Å². The molecule has 0 radical (unpaired) electrons. The number of rotatable bonds is 3. The van der Waals surface area contributed by atoms with E-state index in [4.69, 9.17) is 0 Å². The standard InChI is InChI=1S/C11H16N2S/c1-3-6-9-7-4-5-8-10(9)11(12-2)13-14/h4-5,7-8,14H,3,6H2,1-2H3,(H,12,13). The lowest BCUT2D eigenvalue weighted by Gasteiger charge is -2.09. The zero-order chi connectivity index (χ0) is 10.4. The summed E-state index contributed by atoms with van der Waals surface area (Å²) in [4.78, 5) is 4.15. The predicted octanol–water partition coefficient (Wildman–Crippen LogP) is 2.45. The Morgan fingerprint density at radius 2 is 2.14 bits per heavy atom. The van der Waals surface area contributed by atoms with Crippen LogP contribution in [0.5, 0.6) is 0 Å². The van der Waals surface area contributed by atoms with Gasteiger partial charge in [-0.1, -0.05) is 50.4 Å². The van der Waals surface area contributed by atoms with Gasteiger partial charge in [0.2, 0.25) is 0 Å². The Morgan fingerprint density at radius 1 is 1.43 bits per heavy atom. The summed E-state index contributed by atoms with van der Waals surface area (Å²) in [6, 6.07) is 8.27. The van der Waals surface area contributed by atoms with Crippen molar-refractivity contribution in [2.75, 3.05) is 7.05 Å². The van der Waals surface area contributed by atoms with Gasteiger partial charge in [0.05, 0.1) is 0 Å². The minimum absolute atomic E-state index is 0.831. The maximum atomic E-state index is 4.15. The number of aliphatic imine (C=N–C) groups is 1. The summed E-state index contributed by atoms with van der Waals surface area (Å²) < 4.78 is 2.81. The third-order valence-electron chi connectivity index (χ3n) is 2.12. The summed E-state index contributed by atoms with van der Waals surface area (Å²) in [5, 5.41) is 0. The molecule has 2 nitrogen and oxygen atoms in total. The van der Waals surface area contributed by atoms with Crippen molar-refractivity contribution < 1.29 is 0 Å². The van der Waals surface area contributed by atoms with Crippen molar-refractivity contribution in [1.82, 2.24) is 4.72 Å². The number of aryl methyl sites for hydroxylation is 1. The van der Waals surface area contributed by atoms with Crippen LogP contribution in [0.3, 0.4) is 0 Å². The second kappa shape index (κ2) is 5.70. The van der Waals surface area contributed by atoms with Crippen molar-refractivity contribution in [3.63, 3.8) is 0 Å². The van der Waals surface area contributed by atoms with E-state index < -0.39 is 0 Å². The van der Waals surface area contributed by atoms with Gasteiger partial charge in [0.25, 0.3) is 0 Å². The highest BCUT2D eigenvalue weighted by atomic mass is 32.1. The molecule has 0 aliphatic carbocycles. The molecule has 1 aromatic carbocycles. The van der Waals surface area contributed by atoms with Crippen molar-refractivity contribution in [3.05, 3.63) is 35.4 Å². The predicted molar refractivity (Wildman–Crippen MR) is 65.0 cm³/mol. The summed E-state index contributed by atoms with van der Waals surface area (Å²) in [7, 11) is 1.77. The topological polar surface area (TPSA) is 24.4 Å². The number of amidine groups is 1. The highest BCUT2D eigenvalue weighted by molar-refractivity contribution is 7.78. The van der Waals surface area contributed by atoms with E-state index in [9.17, 15) is 0 Å². The van der Waals surface area contributed by atoms with Crippen LogP contribution in [0.2, 0.25) is 0 Å². The van der Waals surface area contributed by atoms with Gasteiger partial charge in [-0.05, 0) is 12.0 Å². The van der Waals surface area contributed by atoms with E-state index in [0.717, 1.165) is 24.2 Å². The van der Waals surface area contributed by atoms with Crippen molar-refractivity contribution in [2.45, 2.75) is 19.8 Å². The Morgan fingerprint density at radius 3 is 2.71 bits per heavy atom. The third kappa shape index (κ3) is 2.51. The first-order valence-electron chi connectivity index (χ1n) is 4.78. The molecule has 0 heterocycles. The van der Waals surface area contributed by atoms with Gasteiger partial charge in [-0.3, -0.25) is 4.99 Å². The van der Waals surface area contributed by atoms with Crippen LogP contribution in [-0.2, 0) is 6.42 Å². The zero-order valence-electron chi connectivity index (χ0n) is 8.62. The molecule has 0 amide bonds. The molecule has 0 saturated carbocycles. The van der Waals surface area contributed by atoms with Gasteiger partial charge in [0.15, 0.2) is 0 Å². The lowest BCUT2D eigenvalue weighted by molar-refractivity contribution is 0.918. The van der Waals surface area contributed by atoms with Gasteiger partial charge in [-0.15, -0.1) is 0 Å². The molecule has 0 fully saturated rings. The quantitative estimate of drug-likeness (QED) is 0.445. The minimum atomic E-state index is 0.831. The molecule has 0 aliphatic rings. The SMILES string of the molecule is CCCc1ccccc1C(=NC)NS. The van der Waals surface area contributed by atoms with Gasteiger partial charge in [-0.25, -0.2) is 0 Å². The Labute approximate surface area is 91.0 Å². The van der Waals surface area contributed by atoms with E-state index >= 15 is 0 Å². The van der Waals surface area contributed by atoms with E-state index in [1.807, 2.05) is 6.07 Å². The van der Waals surface area contributed by atoms with Crippen molar-refractivity contribution in [3.8, 4) is 0 Å². The Bertz CT molecular complexity index is 321. The molecule has 0 aliphatic heterocycles. The first kappa shape index (κ1) is 11.1. The number of benzene rings is 1. The molecular formula is C11H16N2S. The normalized spacial score (nSPS) is 11.5. The number of thiol groups is 1. The van der Waals surface area contributed by atoms with Gasteiger partial charge in [0.1, 0.15) is 5.84 Å². The molecule has 0 spiro atoms. The van der Waals surface area contributed by atoms with E-state index in [0.29, 0.717) is 0 Å². The zero-order valence-corrected chi connectivity index (χ0v) is 9.51. The maximum Gasteiger partial charge on any atom is 0.138 e. The molecule has 0 unspecified atom stereocenters. The molecule has 0 atom stereocenters. The molecule has 1 rings (SSSR count). The maximum absolute atomic E-state index is 4.15. The van der Waals surface area contributed by atoms with Crippen LogP contribution in [0.15, 0.2) is 29.3 Å². The second-order valence-electron chi connectivity index (χ2n) is 3.09. The highest BCUT2D eigenvalue weighted by Gasteiger charge is 2.05.